The highest BCUT2D eigenvalue weighted by atomic mass is 16.6. The number of aryl methyl sites for hydroxylation is 1. The van der Waals surface area contributed by atoms with Gasteiger partial charge in [0.1, 0.15) is 5.69 Å². The second-order valence-corrected chi connectivity index (χ2v) is 4.12. The molecule has 0 fully saturated rings. The van der Waals surface area contributed by atoms with Crippen LogP contribution in [0, 0.1) is 17.0 Å². The van der Waals surface area contributed by atoms with E-state index in [9.17, 15) is 14.9 Å². The minimum absolute atomic E-state index is 0.0595. The van der Waals surface area contributed by atoms with Crippen LogP contribution in [0.2, 0.25) is 0 Å². The maximum atomic E-state index is 11.0. The summed E-state index contributed by atoms with van der Waals surface area (Å²) < 4.78 is 0. The third-order valence-electron chi connectivity index (χ3n) is 2.69. The lowest BCUT2D eigenvalue weighted by molar-refractivity contribution is -0.384. The van der Waals surface area contributed by atoms with Gasteiger partial charge in [-0.2, -0.15) is 0 Å². The number of benzene rings is 1. The minimum atomic E-state index is -0.859. The molecule has 0 saturated heterocycles. The van der Waals surface area contributed by atoms with Crippen molar-refractivity contribution in [3.63, 3.8) is 0 Å². The summed E-state index contributed by atoms with van der Waals surface area (Å²) in [5.74, 6) is -0.859. The first-order valence-corrected chi connectivity index (χ1v) is 5.60. The molecule has 0 atom stereocenters. The highest BCUT2D eigenvalue weighted by molar-refractivity contribution is 5.67. The smallest absolute Gasteiger partial charge is 0.303 e. The number of hydrogen-bond donors (Lipinski definition) is 1. The summed E-state index contributed by atoms with van der Waals surface area (Å²) in [7, 11) is 1.73. The summed E-state index contributed by atoms with van der Waals surface area (Å²) in [4.78, 5) is 22.7. The molecule has 18 heavy (non-hydrogen) atoms. The Morgan fingerprint density at radius 3 is 2.72 bits per heavy atom. The quantitative estimate of drug-likeness (QED) is 0.619. The molecule has 1 aromatic carbocycles. The number of hydrogen-bond acceptors (Lipinski definition) is 4. The fraction of sp³-hybridized carbons (Fsp3) is 0.417. The van der Waals surface area contributed by atoms with Crippen LogP contribution in [0.25, 0.3) is 0 Å². The van der Waals surface area contributed by atoms with Crippen LogP contribution in [0.5, 0.6) is 0 Å². The molecule has 0 spiro atoms. The van der Waals surface area contributed by atoms with Crippen molar-refractivity contribution in [3.05, 3.63) is 33.9 Å². The van der Waals surface area contributed by atoms with E-state index in [1.807, 2.05) is 0 Å². The van der Waals surface area contributed by atoms with E-state index >= 15 is 0 Å². The predicted octanol–water partition coefficient (Wildman–Crippen LogP) is 2.20. The lowest BCUT2D eigenvalue weighted by Crippen LogP contribution is -2.20. The van der Waals surface area contributed by atoms with Crippen LogP contribution in [0.15, 0.2) is 18.2 Å². The summed E-state index contributed by atoms with van der Waals surface area (Å²) in [6, 6.07) is 5.12. The third kappa shape index (κ3) is 3.44. The highest BCUT2D eigenvalue weighted by Crippen LogP contribution is 2.30. The van der Waals surface area contributed by atoms with Gasteiger partial charge in [-0.1, -0.05) is 12.1 Å². The molecule has 0 bridgehead atoms. The molecule has 0 aliphatic carbocycles. The number of para-hydroxylation sites is 1. The molecule has 0 radical (unpaired) electrons. The fourth-order valence-electron chi connectivity index (χ4n) is 1.78. The summed E-state index contributed by atoms with van der Waals surface area (Å²) in [6.07, 6.45) is 0.515. The lowest BCUT2D eigenvalue weighted by Gasteiger charge is -2.19. The molecule has 1 N–H and O–H groups in total. The van der Waals surface area contributed by atoms with Gasteiger partial charge in [0.25, 0.3) is 5.69 Å². The molecule has 1 rings (SSSR count). The van der Waals surface area contributed by atoms with E-state index in [0.29, 0.717) is 24.2 Å². The van der Waals surface area contributed by atoms with Gasteiger partial charge in [-0.15, -0.1) is 0 Å². The van der Waals surface area contributed by atoms with Crippen molar-refractivity contribution >= 4 is 17.3 Å². The van der Waals surface area contributed by atoms with E-state index < -0.39 is 10.9 Å². The first-order valence-electron chi connectivity index (χ1n) is 5.60. The Kier molecular flexibility index (Phi) is 4.65. The first-order chi connectivity index (χ1) is 8.43. The lowest BCUT2D eigenvalue weighted by atomic mass is 10.1. The van der Waals surface area contributed by atoms with Crippen molar-refractivity contribution in [2.75, 3.05) is 18.5 Å². The molecule has 0 amide bonds. The molecule has 0 aliphatic heterocycles. The van der Waals surface area contributed by atoms with Gasteiger partial charge in [0.2, 0.25) is 0 Å². The minimum Gasteiger partial charge on any atom is -0.481 e. The summed E-state index contributed by atoms with van der Waals surface area (Å²) in [5, 5.41) is 19.6. The number of nitro benzene ring substituents is 1. The van der Waals surface area contributed by atoms with E-state index in [1.54, 1.807) is 37.1 Å². The number of rotatable bonds is 6. The monoisotopic (exact) mass is 252 g/mol. The number of carboxylic acids is 1. The molecule has 6 nitrogen and oxygen atoms in total. The zero-order chi connectivity index (χ0) is 13.7. The average molecular weight is 252 g/mol. The van der Waals surface area contributed by atoms with E-state index in [-0.39, 0.29) is 12.1 Å². The molecule has 0 aromatic heterocycles. The Morgan fingerprint density at radius 2 is 2.17 bits per heavy atom. The van der Waals surface area contributed by atoms with E-state index in [1.165, 1.54) is 0 Å². The van der Waals surface area contributed by atoms with Gasteiger partial charge in [-0.05, 0) is 19.4 Å². The molecular formula is C12H16N2O4. The molecule has 6 heteroatoms. The topological polar surface area (TPSA) is 83.7 Å². The van der Waals surface area contributed by atoms with Crippen LogP contribution in [0.4, 0.5) is 11.4 Å². The van der Waals surface area contributed by atoms with Gasteiger partial charge >= 0.3 is 5.97 Å². The number of aliphatic carboxylic acids is 1. The van der Waals surface area contributed by atoms with E-state index in [0.717, 1.165) is 0 Å². The van der Waals surface area contributed by atoms with Gasteiger partial charge in [0.15, 0.2) is 0 Å². The third-order valence-corrected chi connectivity index (χ3v) is 2.69. The van der Waals surface area contributed by atoms with Crippen molar-refractivity contribution < 1.29 is 14.8 Å². The Hall–Kier alpha value is -2.11. The maximum absolute atomic E-state index is 11.0. The summed E-state index contributed by atoms with van der Waals surface area (Å²) >= 11 is 0. The Balaban J connectivity index is 2.85. The first kappa shape index (κ1) is 14.0. The number of anilines is 1. The second kappa shape index (κ2) is 6.00. The van der Waals surface area contributed by atoms with Crippen LogP contribution >= 0.6 is 0 Å². The molecule has 0 unspecified atom stereocenters. The van der Waals surface area contributed by atoms with Gasteiger partial charge in [-0.25, -0.2) is 0 Å². The van der Waals surface area contributed by atoms with Crippen molar-refractivity contribution in [1.29, 1.82) is 0 Å². The predicted molar refractivity (Wildman–Crippen MR) is 68.0 cm³/mol. The standard InChI is InChI=1S/C12H16N2O4/c1-9-5-3-6-10(12(9)14(17)18)13(2)8-4-7-11(15)16/h3,5-6H,4,7-8H2,1-2H3,(H,15,16). The molecule has 0 heterocycles. The van der Waals surface area contributed by atoms with Gasteiger partial charge in [-0.3, -0.25) is 14.9 Å². The maximum Gasteiger partial charge on any atom is 0.303 e. The number of carbonyl (C=O) groups is 1. The Labute approximate surface area is 105 Å². The SMILES string of the molecule is Cc1cccc(N(C)CCCC(=O)O)c1[N+](=O)[O-]. The zero-order valence-corrected chi connectivity index (χ0v) is 10.4. The van der Waals surface area contributed by atoms with Crippen LogP contribution in [-0.4, -0.2) is 29.6 Å². The van der Waals surface area contributed by atoms with Crippen LogP contribution < -0.4 is 4.90 Å². The van der Waals surface area contributed by atoms with Crippen LogP contribution in [-0.2, 0) is 4.79 Å². The zero-order valence-electron chi connectivity index (χ0n) is 10.4. The molecular weight excluding hydrogens is 236 g/mol. The molecule has 0 saturated carbocycles. The second-order valence-electron chi connectivity index (χ2n) is 4.12. The summed E-state index contributed by atoms with van der Waals surface area (Å²) in [5.41, 5.74) is 1.20. The van der Waals surface area contributed by atoms with Crippen molar-refractivity contribution in [3.8, 4) is 0 Å². The molecule has 1 aromatic rings. The normalized spacial score (nSPS) is 10.1. The van der Waals surface area contributed by atoms with E-state index in [2.05, 4.69) is 0 Å². The number of nitrogens with zero attached hydrogens (tertiary/aromatic N) is 2. The number of nitro groups is 1. The van der Waals surface area contributed by atoms with Gasteiger partial charge in [0.05, 0.1) is 4.92 Å². The Morgan fingerprint density at radius 1 is 1.50 bits per heavy atom. The van der Waals surface area contributed by atoms with Gasteiger partial charge in [0, 0.05) is 25.6 Å². The Bertz CT molecular complexity index is 459. The van der Waals surface area contributed by atoms with Crippen molar-refractivity contribution in [1.82, 2.24) is 0 Å². The molecule has 98 valence electrons. The van der Waals surface area contributed by atoms with Gasteiger partial charge < -0.3 is 10.0 Å². The van der Waals surface area contributed by atoms with Crippen LogP contribution in [0.1, 0.15) is 18.4 Å². The van der Waals surface area contributed by atoms with Crippen LogP contribution in [0.3, 0.4) is 0 Å². The van der Waals surface area contributed by atoms with E-state index in [4.69, 9.17) is 5.11 Å². The molecule has 0 aliphatic rings. The van der Waals surface area contributed by atoms with Crippen molar-refractivity contribution in [2.45, 2.75) is 19.8 Å². The average Bonchev–Trinajstić information content (AvgIpc) is 2.27. The summed E-state index contributed by atoms with van der Waals surface area (Å²) in [6.45, 7) is 2.16. The number of carboxylic acid groups (broad SMARTS) is 1. The fourth-order valence-corrected chi connectivity index (χ4v) is 1.78. The largest absolute Gasteiger partial charge is 0.481 e. The van der Waals surface area contributed by atoms with Crippen molar-refractivity contribution in [2.24, 2.45) is 0 Å². The highest BCUT2D eigenvalue weighted by Gasteiger charge is 2.19.